The first-order valence-electron chi connectivity index (χ1n) is 7.67. The predicted molar refractivity (Wildman–Crippen MR) is 104 cm³/mol. The molecule has 0 aliphatic carbocycles. The summed E-state index contributed by atoms with van der Waals surface area (Å²) in [5.74, 6) is 0.00717. The number of hydrogen-bond acceptors (Lipinski definition) is 4. The highest BCUT2D eigenvalue weighted by atomic mass is 35.5. The van der Waals surface area contributed by atoms with Crippen LogP contribution in [0.3, 0.4) is 0 Å². The molecule has 3 rings (SSSR count). The second kappa shape index (κ2) is 7.63. The number of benzene rings is 1. The number of aromatic nitrogens is 1. The summed E-state index contributed by atoms with van der Waals surface area (Å²) in [6.45, 7) is 1.41. The topological polar surface area (TPSA) is 83.2 Å². The smallest absolute Gasteiger partial charge is 0.257 e. The first-order chi connectivity index (χ1) is 12.5. The fourth-order valence-electron chi connectivity index (χ4n) is 2.49. The van der Waals surface area contributed by atoms with E-state index in [0.717, 1.165) is 10.4 Å². The fraction of sp³-hybridized carbons (Fsp3) is 0.111. The molecular formula is C18H16ClN3O3S. The standard InChI is InChI=1S/C18H16ClN3O3S/c1-10(23)21-14-7-11(3-4-15(14)25-2)22-18(24)13-9-20-8-12(13)16-5-6-17(19)26-16/h3-9,20H,1-2H3,(H,21,23)(H,22,24). The molecular weight excluding hydrogens is 374 g/mol. The lowest BCUT2D eigenvalue weighted by atomic mass is 10.1. The maximum atomic E-state index is 12.7. The van der Waals surface area contributed by atoms with Crippen molar-refractivity contribution in [2.45, 2.75) is 6.92 Å². The van der Waals surface area contributed by atoms with Gasteiger partial charge in [-0.1, -0.05) is 11.6 Å². The monoisotopic (exact) mass is 389 g/mol. The Bertz CT molecular complexity index is 964. The van der Waals surface area contributed by atoms with E-state index in [2.05, 4.69) is 15.6 Å². The van der Waals surface area contributed by atoms with E-state index in [1.165, 1.54) is 25.4 Å². The van der Waals surface area contributed by atoms with Crippen molar-refractivity contribution in [2.75, 3.05) is 17.7 Å². The van der Waals surface area contributed by atoms with Gasteiger partial charge in [0.2, 0.25) is 5.91 Å². The van der Waals surface area contributed by atoms with E-state index >= 15 is 0 Å². The summed E-state index contributed by atoms with van der Waals surface area (Å²) in [4.78, 5) is 27.9. The van der Waals surface area contributed by atoms with Crippen LogP contribution in [0.15, 0.2) is 42.7 Å². The van der Waals surface area contributed by atoms with Gasteiger partial charge in [0, 0.05) is 35.4 Å². The molecule has 1 aromatic carbocycles. The Balaban J connectivity index is 1.85. The molecule has 2 amide bonds. The molecule has 6 nitrogen and oxygen atoms in total. The Labute approximate surface area is 159 Å². The number of carbonyl (C=O) groups is 2. The first kappa shape index (κ1) is 18.0. The summed E-state index contributed by atoms with van der Waals surface area (Å²) in [7, 11) is 1.51. The van der Waals surface area contributed by atoms with Crippen LogP contribution in [-0.4, -0.2) is 23.9 Å². The van der Waals surface area contributed by atoms with E-state index in [1.54, 1.807) is 36.7 Å². The van der Waals surface area contributed by atoms with Gasteiger partial charge in [-0.3, -0.25) is 9.59 Å². The largest absolute Gasteiger partial charge is 0.495 e. The summed E-state index contributed by atoms with van der Waals surface area (Å²) >= 11 is 7.39. The van der Waals surface area contributed by atoms with Crippen LogP contribution in [0, 0.1) is 0 Å². The van der Waals surface area contributed by atoms with Gasteiger partial charge in [-0.2, -0.15) is 0 Å². The van der Waals surface area contributed by atoms with Crippen LogP contribution in [-0.2, 0) is 4.79 Å². The molecule has 0 saturated carbocycles. The number of hydrogen-bond donors (Lipinski definition) is 3. The van der Waals surface area contributed by atoms with Gasteiger partial charge in [0.1, 0.15) is 5.75 Å². The number of halogens is 1. The number of carbonyl (C=O) groups excluding carboxylic acids is 2. The molecule has 8 heteroatoms. The Morgan fingerprint density at radius 3 is 2.62 bits per heavy atom. The van der Waals surface area contributed by atoms with E-state index in [1.807, 2.05) is 6.07 Å². The number of aromatic amines is 1. The van der Waals surface area contributed by atoms with Crippen LogP contribution in [0.25, 0.3) is 10.4 Å². The number of methoxy groups -OCH3 is 1. The number of ether oxygens (including phenoxy) is 1. The van der Waals surface area contributed by atoms with Crippen LogP contribution in [0.4, 0.5) is 11.4 Å². The van der Waals surface area contributed by atoms with Crippen LogP contribution in [0.2, 0.25) is 4.34 Å². The normalized spacial score (nSPS) is 10.4. The Hall–Kier alpha value is -2.77. The van der Waals surface area contributed by atoms with Gasteiger partial charge in [-0.15, -0.1) is 11.3 Å². The maximum absolute atomic E-state index is 12.7. The van der Waals surface area contributed by atoms with Gasteiger partial charge < -0.3 is 20.4 Å². The summed E-state index contributed by atoms with van der Waals surface area (Å²) < 4.78 is 5.87. The van der Waals surface area contributed by atoms with Crippen molar-refractivity contribution in [3.63, 3.8) is 0 Å². The molecule has 0 radical (unpaired) electrons. The van der Waals surface area contributed by atoms with Crippen molar-refractivity contribution in [2.24, 2.45) is 0 Å². The molecule has 0 unspecified atom stereocenters. The number of rotatable bonds is 5. The van der Waals surface area contributed by atoms with E-state index in [4.69, 9.17) is 16.3 Å². The molecule has 0 atom stereocenters. The van der Waals surface area contributed by atoms with Gasteiger partial charge in [0.05, 0.1) is 22.7 Å². The van der Waals surface area contributed by atoms with Crippen molar-refractivity contribution < 1.29 is 14.3 Å². The lowest BCUT2D eigenvalue weighted by Crippen LogP contribution is -2.13. The highest BCUT2D eigenvalue weighted by Crippen LogP contribution is 2.34. The quantitative estimate of drug-likeness (QED) is 0.595. The minimum absolute atomic E-state index is 0.228. The van der Waals surface area contributed by atoms with Gasteiger partial charge in [0.25, 0.3) is 5.91 Å². The molecule has 26 heavy (non-hydrogen) atoms. The highest BCUT2D eigenvalue weighted by molar-refractivity contribution is 7.19. The van der Waals surface area contributed by atoms with E-state index in [-0.39, 0.29) is 11.8 Å². The fourth-order valence-corrected chi connectivity index (χ4v) is 3.56. The third kappa shape index (κ3) is 3.89. The van der Waals surface area contributed by atoms with Gasteiger partial charge in [0.15, 0.2) is 0 Å². The van der Waals surface area contributed by atoms with Gasteiger partial charge >= 0.3 is 0 Å². The molecule has 0 saturated heterocycles. The van der Waals surface area contributed by atoms with E-state index in [0.29, 0.717) is 27.0 Å². The molecule has 0 aliphatic heterocycles. The predicted octanol–water partition coefficient (Wildman–Crippen LogP) is 4.62. The van der Waals surface area contributed by atoms with E-state index in [9.17, 15) is 9.59 Å². The first-order valence-corrected chi connectivity index (χ1v) is 8.87. The Morgan fingerprint density at radius 1 is 1.15 bits per heavy atom. The van der Waals surface area contributed by atoms with Crippen molar-refractivity contribution in [1.82, 2.24) is 4.98 Å². The average Bonchev–Trinajstić information content (AvgIpc) is 3.23. The summed E-state index contributed by atoms with van der Waals surface area (Å²) in [5, 5.41) is 5.51. The number of thiophene rings is 1. The Kier molecular flexibility index (Phi) is 5.29. The van der Waals surface area contributed by atoms with Crippen molar-refractivity contribution in [3.05, 3.63) is 52.6 Å². The second-order valence-corrected chi connectivity index (χ2v) is 7.15. The Morgan fingerprint density at radius 2 is 1.96 bits per heavy atom. The van der Waals surface area contributed by atoms with Crippen LogP contribution >= 0.6 is 22.9 Å². The number of anilines is 2. The summed E-state index contributed by atoms with van der Waals surface area (Å²) in [6, 6.07) is 8.69. The molecule has 0 spiro atoms. The molecule has 0 aliphatic rings. The van der Waals surface area contributed by atoms with Crippen LogP contribution in [0.5, 0.6) is 5.75 Å². The summed E-state index contributed by atoms with van der Waals surface area (Å²) in [5.41, 5.74) is 2.29. The third-order valence-corrected chi connectivity index (χ3v) is 4.86. The zero-order valence-electron chi connectivity index (χ0n) is 14.1. The van der Waals surface area contributed by atoms with Crippen molar-refractivity contribution in [1.29, 1.82) is 0 Å². The highest BCUT2D eigenvalue weighted by Gasteiger charge is 2.16. The second-order valence-electron chi connectivity index (χ2n) is 5.44. The average molecular weight is 390 g/mol. The van der Waals surface area contributed by atoms with Gasteiger partial charge in [-0.25, -0.2) is 0 Å². The van der Waals surface area contributed by atoms with Crippen molar-refractivity contribution in [3.8, 4) is 16.2 Å². The minimum Gasteiger partial charge on any atom is -0.495 e. The zero-order valence-corrected chi connectivity index (χ0v) is 15.6. The zero-order chi connectivity index (χ0) is 18.7. The maximum Gasteiger partial charge on any atom is 0.257 e. The number of amides is 2. The molecule has 3 aromatic rings. The van der Waals surface area contributed by atoms with Crippen LogP contribution in [0.1, 0.15) is 17.3 Å². The minimum atomic E-state index is -0.273. The molecule has 0 fully saturated rings. The number of H-pyrrole nitrogens is 1. The lowest BCUT2D eigenvalue weighted by Gasteiger charge is -2.12. The van der Waals surface area contributed by atoms with Crippen LogP contribution < -0.4 is 15.4 Å². The summed E-state index contributed by atoms with van der Waals surface area (Å²) in [6.07, 6.45) is 3.39. The molecule has 3 N–H and O–H groups in total. The SMILES string of the molecule is COc1ccc(NC(=O)c2c[nH]cc2-c2ccc(Cl)s2)cc1NC(C)=O. The third-order valence-electron chi connectivity index (χ3n) is 3.60. The van der Waals surface area contributed by atoms with Crippen molar-refractivity contribution >= 4 is 46.1 Å². The molecule has 0 bridgehead atoms. The number of nitrogens with one attached hydrogen (secondary N) is 3. The molecule has 134 valence electrons. The molecule has 2 aromatic heterocycles. The molecule has 2 heterocycles. The van der Waals surface area contributed by atoms with Gasteiger partial charge in [-0.05, 0) is 30.3 Å². The van der Waals surface area contributed by atoms with E-state index < -0.39 is 0 Å². The lowest BCUT2D eigenvalue weighted by molar-refractivity contribution is -0.114.